The molecule has 2 rings (SSSR count). The molecule has 3 N–H and O–H groups in total. The molecule has 0 aliphatic carbocycles. The van der Waals surface area contributed by atoms with Gasteiger partial charge in [-0.2, -0.15) is 0 Å². The average molecular weight is 359 g/mol. The molecule has 0 amide bonds. The van der Waals surface area contributed by atoms with Crippen molar-refractivity contribution in [3.63, 3.8) is 0 Å². The Morgan fingerprint density at radius 2 is 1.40 bits per heavy atom. The number of hydrogen-bond acceptors (Lipinski definition) is 4. The summed E-state index contributed by atoms with van der Waals surface area (Å²) in [5, 5.41) is 29.0. The summed E-state index contributed by atoms with van der Waals surface area (Å²) in [6.07, 6.45) is 3.59. The van der Waals surface area contributed by atoms with Crippen molar-refractivity contribution in [2.24, 2.45) is 0 Å². The zero-order valence-corrected chi connectivity index (χ0v) is 16.0. The molecular weight excluding hydrogens is 332 g/mol. The molecule has 0 spiro atoms. The number of phenols is 3. The van der Waals surface area contributed by atoms with Crippen LogP contribution in [0.1, 0.15) is 31.9 Å². The van der Waals surface area contributed by atoms with Gasteiger partial charge in [0.05, 0.1) is 0 Å². The molecule has 2 aromatic rings. The number of hydrogen-bond donors (Lipinski definition) is 3. The van der Waals surface area contributed by atoms with Crippen LogP contribution in [0.4, 0.5) is 0 Å². The van der Waals surface area contributed by atoms with Crippen molar-refractivity contribution < 1.29 is 19.7 Å². The molecule has 0 heterocycles. The van der Waals surface area contributed by atoms with Crippen LogP contribution >= 0.6 is 0 Å². The molecule has 0 atom stereocenters. The first-order chi connectivity index (χ1) is 11.9. The second kappa shape index (κ2) is 8.12. The fraction of sp³-hybridized carbons (Fsp3) is 0.300. The van der Waals surface area contributed by atoms with E-state index >= 15 is 0 Å². The van der Waals surface area contributed by atoms with E-state index in [4.69, 9.17) is 4.43 Å². The highest BCUT2D eigenvalue weighted by Crippen LogP contribution is 2.32. The molecule has 0 aromatic heterocycles. The van der Waals surface area contributed by atoms with Gasteiger partial charge >= 0.3 is 0 Å². The van der Waals surface area contributed by atoms with Gasteiger partial charge in [0.25, 0.3) is 8.32 Å². The van der Waals surface area contributed by atoms with E-state index < -0.39 is 8.32 Å². The van der Waals surface area contributed by atoms with Crippen LogP contribution in [0.3, 0.4) is 0 Å². The number of phenolic OH excluding ortho intramolecular Hbond substituents is 3. The van der Waals surface area contributed by atoms with Crippen LogP contribution in [0, 0.1) is 0 Å². The Bertz CT molecular complexity index is 723. The Hall–Kier alpha value is -2.40. The molecule has 0 bridgehead atoms. The van der Waals surface area contributed by atoms with Crippen molar-refractivity contribution in [1.29, 1.82) is 0 Å². The van der Waals surface area contributed by atoms with E-state index in [1.807, 2.05) is 6.08 Å². The van der Waals surface area contributed by atoms with Gasteiger partial charge in [-0.25, -0.2) is 0 Å². The smallest absolute Gasteiger partial charge is 0.250 e. The van der Waals surface area contributed by atoms with Crippen LogP contribution in [-0.2, 0) is 0 Å². The molecule has 0 aliphatic heterocycles. The van der Waals surface area contributed by atoms with Gasteiger partial charge in [0, 0.05) is 11.6 Å². The Kier molecular flexibility index (Phi) is 6.15. The summed E-state index contributed by atoms with van der Waals surface area (Å²) >= 11 is 0. The van der Waals surface area contributed by atoms with E-state index in [9.17, 15) is 15.3 Å². The quantitative estimate of drug-likeness (QED) is 0.460. The molecule has 0 saturated heterocycles. The maximum atomic E-state index is 9.83. The van der Waals surface area contributed by atoms with Crippen LogP contribution in [0.5, 0.6) is 23.0 Å². The van der Waals surface area contributed by atoms with E-state index in [1.54, 1.807) is 36.4 Å². The zero-order valence-electron chi connectivity index (χ0n) is 15.0. The highest BCUT2D eigenvalue weighted by molar-refractivity contribution is 6.74. The van der Waals surface area contributed by atoms with Gasteiger partial charge in [0.2, 0.25) is 0 Å². The van der Waals surface area contributed by atoms with Gasteiger partial charge in [-0.1, -0.05) is 32.9 Å². The summed E-state index contributed by atoms with van der Waals surface area (Å²) < 4.78 is 6.45. The predicted octanol–water partition coefficient (Wildman–Crippen LogP) is 5.36. The molecule has 0 saturated carbocycles. The monoisotopic (exact) mass is 358 g/mol. The lowest BCUT2D eigenvalue weighted by atomic mass is 10.1. The highest BCUT2D eigenvalue weighted by atomic mass is 28.4. The Morgan fingerprint density at radius 3 is 1.96 bits per heavy atom. The van der Waals surface area contributed by atoms with Crippen LogP contribution in [0.15, 0.2) is 36.4 Å². The molecule has 0 aliphatic rings. The first-order valence-electron chi connectivity index (χ1n) is 8.64. The Morgan fingerprint density at radius 1 is 0.800 bits per heavy atom. The van der Waals surface area contributed by atoms with E-state index in [0.717, 1.165) is 29.4 Å². The Balaban J connectivity index is 2.37. The zero-order chi connectivity index (χ0) is 18.4. The summed E-state index contributed by atoms with van der Waals surface area (Å²) in [5.74, 6) is 0.931. The molecule has 0 unspecified atom stereocenters. The van der Waals surface area contributed by atoms with Gasteiger partial charge in [0.1, 0.15) is 23.0 Å². The second-order valence-corrected chi connectivity index (χ2v) is 10.9. The lowest BCUT2D eigenvalue weighted by molar-refractivity contribution is 0.450. The SMILES string of the molecule is CC[Si](CC)(CC)Oc1ccc(O)cc1/C=C/c1cc(O)cc(O)c1. The summed E-state index contributed by atoms with van der Waals surface area (Å²) in [5.41, 5.74) is 1.44. The minimum Gasteiger partial charge on any atom is -0.543 e. The van der Waals surface area contributed by atoms with Crippen LogP contribution < -0.4 is 4.43 Å². The number of benzene rings is 2. The Labute approximate surface area is 150 Å². The van der Waals surface area contributed by atoms with Gasteiger partial charge in [-0.15, -0.1) is 0 Å². The molecule has 2 aromatic carbocycles. The second-order valence-electron chi connectivity index (χ2n) is 6.18. The van der Waals surface area contributed by atoms with E-state index in [2.05, 4.69) is 20.8 Å². The van der Waals surface area contributed by atoms with E-state index in [0.29, 0.717) is 5.56 Å². The summed E-state index contributed by atoms with van der Waals surface area (Å²) in [7, 11) is -1.83. The predicted molar refractivity (Wildman–Crippen MR) is 105 cm³/mol. The lowest BCUT2D eigenvalue weighted by Crippen LogP contribution is -2.39. The van der Waals surface area contributed by atoms with Crippen molar-refractivity contribution in [3.8, 4) is 23.0 Å². The van der Waals surface area contributed by atoms with Crippen molar-refractivity contribution in [1.82, 2.24) is 0 Å². The minimum atomic E-state index is -1.83. The van der Waals surface area contributed by atoms with E-state index in [-0.39, 0.29) is 17.2 Å². The average Bonchev–Trinajstić information content (AvgIpc) is 2.59. The van der Waals surface area contributed by atoms with Gasteiger partial charge in [0.15, 0.2) is 0 Å². The molecule has 0 radical (unpaired) electrons. The minimum absolute atomic E-state index is 0.00130. The van der Waals surface area contributed by atoms with Crippen LogP contribution in [-0.4, -0.2) is 23.6 Å². The lowest BCUT2D eigenvalue weighted by Gasteiger charge is -2.29. The van der Waals surface area contributed by atoms with Crippen molar-refractivity contribution in [2.75, 3.05) is 0 Å². The summed E-state index contributed by atoms with van der Waals surface area (Å²) in [4.78, 5) is 0. The summed E-state index contributed by atoms with van der Waals surface area (Å²) in [6.45, 7) is 6.51. The first kappa shape index (κ1) is 18.9. The third kappa shape index (κ3) is 4.79. The molecule has 4 nitrogen and oxygen atoms in total. The molecule has 5 heteroatoms. The maximum Gasteiger partial charge on any atom is 0.250 e. The summed E-state index contributed by atoms with van der Waals surface area (Å²) in [6, 6.07) is 12.6. The normalized spacial score (nSPS) is 11.8. The van der Waals surface area contributed by atoms with Crippen molar-refractivity contribution in [3.05, 3.63) is 47.5 Å². The third-order valence-corrected chi connectivity index (χ3v) is 9.15. The fourth-order valence-electron chi connectivity index (χ4n) is 2.86. The highest BCUT2D eigenvalue weighted by Gasteiger charge is 2.31. The number of aromatic hydroxyl groups is 3. The van der Waals surface area contributed by atoms with Crippen LogP contribution in [0.2, 0.25) is 18.1 Å². The van der Waals surface area contributed by atoms with Crippen molar-refractivity contribution >= 4 is 20.5 Å². The van der Waals surface area contributed by atoms with Gasteiger partial charge in [-0.05, 0) is 54.0 Å². The standard InChI is InChI=1S/C20H26O4Si/c1-4-25(5-2,6-3)24-20-10-9-17(21)13-16(20)8-7-15-11-18(22)14-19(23)12-15/h7-14,21-23H,4-6H2,1-3H3/b8-7+. The van der Waals surface area contributed by atoms with Crippen molar-refractivity contribution in [2.45, 2.75) is 38.9 Å². The van der Waals surface area contributed by atoms with Gasteiger partial charge < -0.3 is 19.7 Å². The van der Waals surface area contributed by atoms with E-state index in [1.165, 1.54) is 6.07 Å². The molecular formula is C20H26O4Si. The number of rotatable bonds is 7. The molecule has 25 heavy (non-hydrogen) atoms. The largest absolute Gasteiger partial charge is 0.543 e. The first-order valence-corrected chi connectivity index (χ1v) is 11.2. The molecule has 0 fully saturated rings. The topological polar surface area (TPSA) is 69.9 Å². The fourth-order valence-corrected chi connectivity index (χ4v) is 5.44. The van der Waals surface area contributed by atoms with Crippen LogP contribution in [0.25, 0.3) is 12.2 Å². The van der Waals surface area contributed by atoms with Gasteiger partial charge in [-0.3, -0.25) is 0 Å². The molecule has 134 valence electrons. The third-order valence-electron chi connectivity index (χ3n) is 4.63. The maximum absolute atomic E-state index is 9.83.